The number of benzene rings is 1. The summed E-state index contributed by atoms with van der Waals surface area (Å²) < 4.78 is 53.5. The Morgan fingerprint density at radius 1 is 1.26 bits per heavy atom. The number of piperidine rings is 1. The predicted octanol–water partition coefficient (Wildman–Crippen LogP) is 4.11. The number of rotatable bonds is 8. The predicted molar refractivity (Wildman–Crippen MR) is 104 cm³/mol. The van der Waals surface area contributed by atoms with Crippen molar-refractivity contribution in [3.8, 4) is 11.6 Å². The van der Waals surface area contributed by atoms with Crippen LogP contribution in [0.15, 0.2) is 22.7 Å². The third-order valence-electron chi connectivity index (χ3n) is 6.27. The zero-order valence-electron chi connectivity index (χ0n) is 17.0. The Kier molecular flexibility index (Phi) is 6.00. The van der Waals surface area contributed by atoms with Crippen molar-refractivity contribution in [2.24, 2.45) is 11.3 Å². The molecule has 4 rings (SSSR count). The lowest BCUT2D eigenvalue weighted by atomic mass is 9.68. The largest absolute Gasteiger partial charge is 0.483 e. The van der Waals surface area contributed by atoms with Gasteiger partial charge in [0.2, 0.25) is 0 Å². The summed E-state index contributed by atoms with van der Waals surface area (Å²) in [4.78, 5) is 13.8. The molecular formula is C21H25F3N2O5. The Morgan fingerprint density at radius 3 is 2.61 bits per heavy atom. The van der Waals surface area contributed by atoms with Gasteiger partial charge < -0.3 is 24.0 Å². The Bertz CT molecular complexity index is 917. The molecule has 1 N–H and O–H groups in total. The third-order valence-corrected chi connectivity index (χ3v) is 6.27. The van der Waals surface area contributed by atoms with Crippen molar-refractivity contribution < 1.29 is 37.1 Å². The SMILES string of the molecule is O=C(O)C1(CN2CCC(COc3noc4cccc(OCC(F)(F)F)c34)CC2)CCC1. The minimum absolute atomic E-state index is 0.0142. The van der Waals surface area contributed by atoms with E-state index in [1.165, 1.54) is 12.1 Å². The average Bonchev–Trinajstić information content (AvgIpc) is 3.11. The van der Waals surface area contributed by atoms with Crippen LogP contribution in [-0.2, 0) is 4.79 Å². The monoisotopic (exact) mass is 442 g/mol. The molecule has 2 aromatic rings. The van der Waals surface area contributed by atoms with Crippen LogP contribution >= 0.6 is 0 Å². The molecule has 1 saturated carbocycles. The van der Waals surface area contributed by atoms with E-state index in [0.29, 0.717) is 18.7 Å². The van der Waals surface area contributed by atoms with Gasteiger partial charge in [0, 0.05) is 6.54 Å². The molecule has 170 valence electrons. The van der Waals surface area contributed by atoms with Gasteiger partial charge in [0.25, 0.3) is 5.88 Å². The highest BCUT2D eigenvalue weighted by molar-refractivity contribution is 5.88. The fourth-order valence-corrected chi connectivity index (χ4v) is 4.29. The van der Waals surface area contributed by atoms with Crippen molar-refractivity contribution in [1.82, 2.24) is 10.1 Å². The molecular weight excluding hydrogens is 417 g/mol. The van der Waals surface area contributed by atoms with Crippen molar-refractivity contribution in [2.75, 3.05) is 32.8 Å². The molecule has 7 nitrogen and oxygen atoms in total. The van der Waals surface area contributed by atoms with Gasteiger partial charge in [0.1, 0.15) is 11.1 Å². The second-order valence-electron chi connectivity index (χ2n) is 8.49. The maximum Gasteiger partial charge on any atom is 0.422 e. The molecule has 0 atom stereocenters. The van der Waals surface area contributed by atoms with Crippen molar-refractivity contribution in [3.05, 3.63) is 18.2 Å². The molecule has 2 heterocycles. The number of carboxylic acid groups (broad SMARTS) is 1. The summed E-state index contributed by atoms with van der Waals surface area (Å²) in [6.45, 7) is 1.12. The summed E-state index contributed by atoms with van der Waals surface area (Å²) in [5, 5.41) is 13.7. The van der Waals surface area contributed by atoms with Crippen molar-refractivity contribution in [1.29, 1.82) is 0 Å². The number of carbonyl (C=O) groups is 1. The molecule has 10 heteroatoms. The standard InChI is InChI=1S/C21H25F3N2O5/c22-21(23,24)13-30-15-3-1-4-16-17(15)18(25-31-16)29-11-14-5-9-26(10-6-14)12-20(19(27)28)7-2-8-20/h1,3-4,14H,2,5-13H2,(H,27,28). The highest BCUT2D eigenvalue weighted by atomic mass is 19.4. The van der Waals surface area contributed by atoms with Crippen LogP contribution in [0.3, 0.4) is 0 Å². The van der Waals surface area contributed by atoms with Gasteiger partial charge in [-0.2, -0.15) is 13.2 Å². The topological polar surface area (TPSA) is 85.0 Å². The molecule has 1 aromatic carbocycles. The number of carboxylic acids is 1. The molecule has 1 aromatic heterocycles. The summed E-state index contributed by atoms with van der Waals surface area (Å²) in [6.07, 6.45) is -0.303. The van der Waals surface area contributed by atoms with E-state index in [1.807, 2.05) is 0 Å². The van der Waals surface area contributed by atoms with E-state index in [2.05, 4.69) is 10.1 Å². The number of hydrogen-bond acceptors (Lipinski definition) is 6. The lowest BCUT2D eigenvalue weighted by molar-refractivity contribution is -0.156. The number of ether oxygens (including phenoxy) is 2. The van der Waals surface area contributed by atoms with Crippen LogP contribution < -0.4 is 9.47 Å². The molecule has 0 bridgehead atoms. The van der Waals surface area contributed by atoms with Gasteiger partial charge in [-0.3, -0.25) is 4.79 Å². The van der Waals surface area contributed by atoms with Crippen LogP contribution in [-0.4, -0.2) is 60.2 Å². The first kappa shape index (κ1) is 21.7. The van der Waals surface area contributed by atoms with E-state index in [1.54, 1.807) is 6.07 Å². The molecule has 0 spiro atoms. The fraction of sp³-hybridized carbons (Fsp3) is 0.619. The molecule has 2 fully saturated rings. The zero-order chi connectivity index (χ0) is 22.1. The number of aliphatic carboxylic acids is 1. The van der Waals surface area contributed by atoms with E-state index in [4.69, 9.17) is 14.0 Å². The van der Waals surface area contributed by atoms with Crippen molar-refractivity contribution in [3.63, 3.8) is 0 Å². The molecule has 31 heavy (non-hydrogen) atoms. The molecule has 0 radical (unpaired) electrons. The van der Waals surface area contributed by atoms with Crippen molar-refractivity contribution >= 4 is 16.9 Å². The first-order valence-corrected chi connectivity index (χ1v) is 10.4. The molecule has 0 amide bonds. The maximum absolute atomic E-state index is 12.5. The van der Waals surface area contributed by atoms with Crippen LogP contribution in [0.5, 0.6) is 11.6 Å². The first-order chi connectivity index (χ1) is 14.8. The summed E-state index contributed by atoms with van der Waals surface area (Å²) in [7, 11) is 0. The van der Waals surface area contributed by atoms with Crippen LogP contribution in [0.1, 0.15) is 32.1 Å². The number of nitrogens with zero attached hydrogens (tertiary/aromatic N) is 2. The number of hydrogen-bond donors (Lipinski definition) is 1. The number of aromatic nitrogens is 1. The smallest absolute Gasteiger partial charge is 0.422 e. The van der Waals surface area contributed by atoms with E-state index in [9.17, 15) is 23.1 Å². The number of fused-ring (bicyclic) bond motifs is 1. The zero-order valence-corrected chi connectivity index (χ0v) is 17.0. The van der Waals surface area contributed by atoms with Gasteiger partial charge in [0.15, 0.2) is 12.2 Å². The van der Waals surface area contributed by atoms with E-state index < -0.39 is 24.2 Å². The average molecular weight is 442 g/mol. The van der Waals surface area contributed by atoms with E-state index >= 15 is 0 Å². The van der Waals surface area contributed by atoms with Crippen LogP contribution in [0.2, 0.25) is 0 Å². The van der Waals surface area contributed by atoms with Gasteiger partial charge in [0.05, 0.1) is 12.0 Å². The minimum atomic E-state index is -4.45. The Balaban J connectivity index is 1.32. The fourth-order valence-electron chi connectivity index (χ4n) is 4.29. The first-order valence-electron chi connectivity index (χ1n) is 10.4. The minimum Gasteiger partial charge on any atom is -0.483 e. The molecule has 0 unspecified atom stereocenters. The maximum atomic E-state index is 12.5. The summed E-state index contributed by atoms with van der Waals surface area (Å²) in [6, 6.07) is 4.55. The van der Waals surface area contributed by atoms with Gasteiger partial charge in [-0.15, -0.1) is 0 Å². The molecule has 2 aliphatic rings. The van der Waals surface area contributed by atoms with Crippen molar-refractivity contribution in [2.45, 2.75) is 38.3 Å². The second kappa shape index (κ2) is 8.57. The van der Waals surface area contributed by atoms with Crippen LogP contribution in [0, 0.1) is 11.3 Å². The highest BCUT2D eigenvalue weighted by Crippen LogP contribution is 2.42. The number of likely N-dealkylation sites (tertiary alicyclic amines) is 1. The number of alkyl halides is 3. The van der Waals surface area contributed by atoms with Gasteiger partial charge in [-0.25, -0.2) is 0 Å². The summed E-state index contributed by atoms with van der Waals surface area (Å²) in [5.41, 5.74) is -0.292. The second-order valence-corrected chi connectivity index (χ2v) is 8.49. The Hall–Kier alpha value is -2.49. The van der Waals surface area contributed by atoms with E-state index in [-0.39, 0.29) is 22.9 Å². The number of halogens is 3. The van der Waals surface area contributed by atoms with Gasteiger partial charge in [-0.05, 0) is 62.0 Å². The van der Waals surface area contributed by atoms with Crippen LogP contribution in [0.4, 0.5) is 13.2 Å². The lowest BCUT2D eigenvalue weighted by Gasteiger charge is -2.43. The quantitative estimate of drug-likeness (QED) is 0.658. The highest BCUT2D eigenvalue weighted by Gasteiger charge is 2.45. The molecule has 1 aliphatic heterocycles. The normalized spacial score (nSPS) is 19.8. The van der Waals surface area contributed by atoms with Gasteiger partial charge in [-0.1, -0.05) is 12.5 Å². The molecule has 1 aliphatic carbocycles. The summed E-state index contributed by atoms with van der Waals surface area (Å²) >= 11 is 0. The Morgan fingerprint density at radius 2 is 2.00 bits per heavy atom. The third kappa shape index (κ3) is 4.89. The summed E-state index contributed by atoms with van der Waals surface area (Å²) in [5.74, 6) is -0.325. The lowest BCUT2D eigenvalue weighted by Crippen LogP contribution is -2.49. The Labute approximate surface area is 177 Å². The molecule has 1 saturated heterocycles. The van der Waals surface area contributed by atoms with Crippen LogP contribution in [0.25, 0.3) is 11.0 Å². The van der Waals surface area contributed by atoms with E-state index in [0.717, 1.165) is 45.2 Å². The van der Waals surface area contributed by atoms with Gasteiger partial charge >= 0.3 is 12.1 Å².